The van der Waals surface area contributed by atoms with Crippen LogP contribution >= 0.6 is 9.24 Å². The molecule has 0 saturated heterocycles. The fraction of sp³-hybridized carbons (Fsp3) is 1.00. The van der Waals surface area contributed by atoms with Crippen molar-refractivity contribution in [3.8, 4) is 0 Å². The Morgan fingerprint density at radius 3 is 1.75 bits per heavy atom. The molecule has 0 heterocycles. The molecular formula is C3H11P. The normalized spacial score (nSPS) is 4.50. The van der Waals surface area contributed by atoms with Crippen LogP contribution in [0.15, 0.2) is 0 Å². The molecule has 0 aliphatic carbocycles. The molecule has 0 aromatic heterocycles. The Hall–Kier alpha value is 0.430. The Bertz CT molecular complexity index is 3.25. The van der Waals surface area contributed by atoms with Gasteiger partial charge < -0.3 is 0 Å². The lowest BCUT2D eigenvalue weighted by molar-refractivity contribution is 1.53. The molecule has 0 fully saturated rings. The average molecular weight is 78.1 g/mol. The van der Waals surface area contributed by atoms with Crippen molar-refractivity contribution in [2.24, 2.45) is 0 Å². The highest BCUT2D eigenvalue weighted by Crippen LogP contribution is 1.68. The molecule has 0 aliphatic rings. The monoisotopic (exact) mass is 78.1 g/mol. The van der Waals surface area contributed by atoms with Crippen LogP contribution in [0.2, 0.25) is 0 Å². The fourth-order valence-electron chi connectivity index (χ4n) is 0. The summed E-state index contributed by atoms with van der Waals surface area (Å²) in [4.78, 5) is 0. The van der Waals surface area contributed by atoms with E-state index in [2.05, 4.69) is 16.2 Å². The molecule has 0 saturated carbocycles. The zero-order chi connectivity index (χ0) is 2.71. The smallest absolute Gasteiger partial charge is 0.0410 e. The predicted molar refractivity (Wildman–Crippen MR) is 27.0 cm³/mol. The summed E-state index contributed by atoms with van der Waals surface area (Å²) in [5.41, 5.74) is 0. The summed E-state index contributed by atoms with van der Waals surface area (Å²) in [6.45, 7) is 2.09. The van der Waals surface area contributed by atoms with E-state index in [0.29, 0.717) is 0 Å². The molecule has 0 N–H and O–H groups in total. The maximum atomic E-state index is 2.58. The van der Waals surface area contributed by atoms with Crippen molar-refractivity contribution in [2.45, 2.75) is 14.4 Å². The SMILES string of the molecule is C.CCP. The van der Waals surface area contributed by atoms with E-state index in [-0.39, 0.29) is 7.43 Å². The maximum absolute atomic E-state index is 2.58. The minimum Gasteiger partial charge on any atom is -0.138 e. The summed E-state index contributed by atoms with van der Waals surface area (Å²) in [5.74, 6) is 0. The van der Waals surface area contributed by atoms with Gasteiger partial charge in [0.1, 0.15) is 0 Å². The number of hydrogen-bond acceptors (Lipinski definition) is 0. The lowest BCUT2D eigenvalue weighted by Crippen LogP contribution is -1.33. The second kappa shape index (κ2) is 9.90. The lowest BCUT2D eigenvalue weighted by atomic mass is 11.0. The molecule has 0 nitrogen and oxygen atoms in total. The third kappa shape index (κ3) is 26.9. The van der Waals surface area contributed by atoms with Gasteiger partial charge in [-0.25, -0.2) is 0 Å². The molecule has 4 heavy (non-hydrogen) atoms. The van der Waals surface area contributed by atoms with Gasteiger partial charge in [-0.3, -0.25) is 0 Å². The van der Waals surface area contributed by atoms with E-state index in [0.717, 1.165) is 0 Å². The van der Waals surface area contributed by atoms with E-state index in [1.54, 1.807) is 0 Å². The molecule has 1 unspecified atom stereocenters. The van der Waals surface area contributed by atoms with Crippen molar-refractivity contribution in [2.75, 3.05) is 6.16 Å². The molecule has 28 valence electrons. The van der Waals surface area contributed by atoms with E-state index in [4.69, 9.17) is 0 Å². The summed E-state index contributed by atoms with van der Waals surface area (Å²) in [6.07, 6.45) is 1.17. The average Bonchev–Trinajstić information content (AvgIpc) is 0.918. The van der Waals surface area contributed by atoms with E-state index in [9.17, 15) is 0 Å². The van der Waals surface area contributed by atoms with Crippen LogP contribution in [0.1, 0.15) is 14.4 Å². The molecule has 0 aromatic carbocycles. The number of rotatable bonds is 0. The minimum atomic E-state index is 0. The van der Waals surface area contributed by atoms with Crippen LogP contribution < -0.4 is 0 Å². The van der Waals surface area contributed by atoms with E-state index < -0.39 is 0 Å². The maximum Gasteiger partial charge on any atom is -0.0410 e. The van der Waals surface area contributed by atoms with Crippen LogP contribution in [0.3, 0.4) is 0 Å². The fourth-order valence-corrected chi connectivity index (χ4v) is 0. The molecule has 0 radical (unpaired) electrons. The molecule has 0 spiro atoms. The molecule has 1 heteroatoms. The number of hydrogen-bond donors (Lipinski definition) is 0. The van der Waals surface area contributed by atoms with Gasteiger partial charge in [0, 0.05) is 0 Å². The van der Waals surface area contributed by atoms with Crippen LogP contribution in [-0.4, -0.2) is 6.16 Å². The summed E-state index contributed by atoms with van der Waals surface area (Å²) in [5, 5.41) is 0. The van der Waals surface area contributed by atoms with E-state index in [1.807, 2.05) is 0 Å². The van der Waals surface area contributed by atoms with Crippen molar-refractivity contribution < 1.29 is 0 Å². The van der Waals surface area contributed by atoms with Crippen LogP contribution in [0.4, 0.5) is 0 Å². The van der Waals surface area contributed by atoms with Crippen molar-refractivity contribution in [3.63, 3.8) is 0 Å². The first-order valence-electron chi connectivity index (χ1n) is 1.12. The predicted octanol–water partition coefficient (Wildman–Crippen LogP) is 1.52. The Labute approximate surface area is 30.8 Å². The van der Waals surface area contributed by atoms with Gasteiger partial charge in [-0.2, -0.15) is 0 Å². The van der Waals surface area contributed by atoms with Crippen LogP contribution in [0.5, 0.6) is 0 Å². The highest BCUT2D eigenvalue weighted by atomic mass is 31.0. The third-order valence-electron chi connectivity index (χ3n) is 0. The summed E-state index contributed by atoms with van der Waals surface area (Å²) in [7, 11) is 2.58. The van der Waals surface area contributed by atoms with Crippen LogP contribution in [0.25, 0.3) is 0 Å². The molecule has 0 aromatic rings. The van der Waals surface area contributed by atoms with Gasteiger partial charge in [0.05, 0.1) is 0 Å². The summed E-state index contributed by atoms with van der Waals surface area (Å²) < 4.78 is 0. The van der Waals surface area contributed by atoms with Gasteiger partial charge in [0.25, 0.3) is 0 Å². The summed E-state index contributed by atoms with van der Waals surface area (Å²) >= 11 is 0. The van der Waals surface area contributed by atoms with Gasteiger partial charge >= 0.3 is 0 Å². The summed E-state index contributed by atoms with van der Waals surface area (Å²) in [6, 6.07) is 0. The first-order chi connectivity index (χ1) is 1.41. The molecule has 1 atom stereocenters. The molecule has 0 bridgehead atoms. The largest absolute Gasteiger partial charge is 0.138 e. The van der Waals surface area contributed by atoms with Gasteiger partial charge in [-0.15, -0.1) is 9.24 Å². The molecule has 0 rings (SSSR count). The van der Waals surface area contributed by atoms with Crippen molar-refractivity contribution in [1.29, 1.82) is 0 Å². The quantitative estimate of drug-likeness (QED) is 0.385. The zero-order valence-electron chi connectivity index (χ0n) is 2.28. The highest BCUT2D eigenvalue weighted by Gasteiger charge is 1.35. The first-order valence-corrected chi connectivity index (χ1v) is 1.93. The first kappa shape index (κ1) is 8.83. The van der Waals surface area contributed by atoms with Gasteiger partial charge in [-0.1, -0.05) is 14.4 Å². The Morgan fingerprint density at radius 2 is 1.75 bits per heavy atom. The Kier molecular flexibility index (Phi) is 21.9. The zero-order valence-corrected chi connectivity index (χ0v) is 3.44. The third-order valence-corrected chi connectivity index (χ3v) is 0. The van der Waals surface area contributed by atoms with Crippen LogP contribution in [0, 0.1) is 0 Å². The van der Waals surface area contributed by atoms with Crippen molar-refractivity contribution in [3.05, 3.63) is 0 Å². The Balaban J connectivity index is 0. The van der Waals surface area contributed by atoms with Crippen LogP contribution in [-0.2, 0) is 0 Å². The lowest BCUT2D eigenvalue weighted by Gasteiger charge is -1.48. The van der Waals surface area contributed by atoms with Crippen molar-refractivity contribution in [1.82, 2.24) is 0 Å². The molecular weight excluding hydrogens is 67.0 g/mol. The second-order valence-electron chi connectivity index (χ2n) is 0.408. The molecule has 0 aliphatic heterocycles. The Morgan fingerprint density at radius 1 is 1.75 bits per heavy atom. The second-order valence-corrected chi connectivity index (χ2v) is 1.22. The minimum absolute atomic E-state index is 0. The van der Waals surface area contributed by atoms with Crippen molar-refractivity contribution >= 4 is 9.24 Å². The van der Waals surface area contributed by atoms with E-state index >= 15 is 0 Å². The standard InChI is InChI=1S/C2H7P.CH4/c1-2-3;/h2-3H2,1H3;1H4. The van der Waals surface area contributed by atoms with Gasteiger partial charge in [0.15, 0.2) is 0 Å². The van der Waals surface area contributed by atoms with E-state index in [1.165, 1.54) is 6.16 Å². The van der Waals surface area contributed by atoms with Gasteiger partial charge in [-0.05, 0) is 6.16 Å². The molecule has 0 amide bonds. The highest BCUT2D eigenvalue weighted by molar-refractivity contribution is 7.16. The van der Waals surface area contributed by atoms with Gasteiger partial charge in [0.2, 0.25) is 0 Å². The topological polar surface area (TPSA) is 0 Å².